The van der Waals surface area contributed by atoms with E-state index in [1.807, 2.05) is 6.92 Å². The highest BCUT2D eigenvalue weighted by atomic mass is 16.5. The maximum atomic E-state index is 11.9. The normalized spacial score (nSPS) is 25.1. The van der Waals surface area contributed by atoms with Gasteiger partial charge in [-0.2, -0.15) is 0 Å². The van der Waals surface area contributed by atoms with Crippen molar-refractivity contribution in [2.75, 3.05) is 13.2 Å². The van der Waals surface area contributed by atoms with Crippen molar-refractivity contribution in [3.63, 3.8) is 0 Å². The molecule has 0 radical (unpaired) electrons. The fourth-order valence-electron chi connectivity index (χ4n) is 2.64. The van der Waals surface area contributed by atoms with Crippen molar-refractivity contribution in [3.8, 4) is 0 Å². The number of ether oxygens (including phenoxy) is 1. The molecule has 19 heavy (non-hydrogen) atoms. The number of rotatable bonds is 5. The van der Waals surface area contributed by atoms with E-state index in [0.717, 1.165) is 6.42 Å². The third-order valence-corrected chi connectivity index (χ3v) is 3.24. The van der Waals surface area contributed by atoms with Crippen LogP contribution in [0.25, 0.3) is 0 Å². The molecule has 0 bridgehead atoms. The van der Waals surface area contributed by atoms with Crippen LogP contribution in [0.15, 0.2) is 0 Å². The third-order valence-electron chi connectivity index (χ3n) is 3.24. The van der Waals surface area contributed by atoms with Gasteiger partial charge in [-0.1, -0.05) is 27.7 Å². The average molecular weight is 271 g/mol. The molecule has 1 aliphatic heterocycles. The molecule has 1 fully saturated rings. The van der Waals surface area contributed by atoms with E-state index >= 15 is 0 Å². The minimum absolute atomic E-state index is 0.0847. The van der Waals surface area contributed by atoms with Gasteiger partial charge in [0.05, 0.1) is 19.3 Å². The van der Waals surface area contributed by atoms with Gasteiger partial charge in [-0.25, -0.2) is 0 Å². The van der Waals surface area contributed by atoms with Crippen LogP contribution in [0.2, 0.25) is 0 Å². The molecule has 1 rings (SSSR count). The Morgan fingerprint density at radius 3 is 2.53 bits per heavy atom. The highest BCUT2D eigenvalue weighted by molar-refractivity contribution is 5.78. The number of carbonyl (C=O) groups is 2. The van der Waals surface area contributed by atoms with Crippen LogP contribution in [0.4, 0.5) is 0 Å². The van der Waals surface area contributed by atoms with Crippen molar-refractivity contribution >= 4 is 11.9 Å². The van der Waals surface area contributed by atoms with Crippen LogP contribution in [-0.2, 0) is 14.3 Å². The van der Waals surface area contributed by atoms with E-state index < -0.39 is 17.9 Å². The van der Waals surface area contributed by atoms with Crippen LogP contribution in [0, 0.1) is 17.3 Å². The Balaban J connectivity index is 2.41. The number of amides is 1. The first-order valence-corrected chi connectivity index (χ1v) is 6.79. The predicted molar refractivity (Wildman–Crippen MR) is 71.7 cm³/mol. The van der Waals surface area contributed by atoms with Crippen molar-refractivity contribution in [3.05, 3.63) is 0 Å². The summed E-state index contributed by atoms with van der Waals surface area (Å²) in [6.45, 7) is 8.95. The van der Waals surface area contributed by atoms with Gasteiger partial charge in [0, 0.05) is 6.42 Å². The fraction of sp³-hybridized carbons (Fsp3) is 0.857. The van der Waals surface area contributed by atoms with Gasteiger partial charge in [0.2, 0.25) is 5.91 Å². The Morgan fingerprint density at radius 1 is 1.37 bits per heavy atom. The van der Waals surface area contributed by atoms with E-state index in [0.29, 0.717) is 6.42 Å². The first-order chi connectivity index (χ1) is 8.69. The number of hydrogen-bond acceptors (Lipinski definition) is 3. The molecule has 3 unspecified atom stereocenters. The minimum Gasteiger partial charge on any atom is -0.481 e. The van der Waals surface area contributed by atoms with Gasteiger partial charge in [0.15, 0.2) is 0 Å². The zero-order chi connectivity index (χ0) is 14.6. The van der Waals surface area contributed by atoms with Gasteiger partial charge >= 0.3 is 5.97 Å². The Labute approximate surface area is 114 Å². The molecule has 110 valence electrons. The number of carbonyl (C=O) groups excluding carboxylic acids is 1. The van der Waals surface area contributed by atoms with Crippen molar-refractivity contribution in [2.24, 2.45) is 17.3 Å². The molecule has 3 atom stereocenters. The van der Waals surface area contributed by atoms with E-state index in [1.165, 1.54) is 0 Å². The number of aliphatic carboxylic acids is 1. The second-order valence-corrected chi connectivity index (χ2v) is 6.73. The summed E-state index contributed by atoms with van der Waals surface area (Å²) in [5.74, 6) is -1.34. The van der Waals surface area contributed by atoms with Crippen molar-refractivity contribution in [1.82, 2.24) is 5.32 Å². The molecule has 0 aromatic rings. The molecule has 0 saturated carbocycles. The lowest BCUT2D eigenvalue weighted by Gasteiger charge is -2.23. The Morgan fingerprint density at radius 2 is 2.00 bits per heavy atom. The Bertz CT molecular complexity index is 335. The maximum absolute atomic E-state index is 11.9. The van der Waals surface area contributed by atoms with Crippen molar-refractivity contribution < 1.29 is 19.4 Å². The number of hydrogen-bond donors (Lipinski definition) is 2. The standard InChI is InChI=1S/C14H25NO4/c1-9(6-14(2,3)4)5-12(16)15-11-8-19-7-10(11)13(17)18/h9-11H,5-8H2,1-4H3,(H,15,16)(H,17,18). The molecule has 1 aliphatic rings. The van der Waals surface area contributed by atoms with Crippen LogP contribution in [0.5, 0.6) is 0 Å². The molecule has 1 heterocycles. The average Bonchev–Trinajstić information content (AvgIpc) is 2.61. The first-order valence-electron chi connectivity index (χ1n) is 6.79. The quantitative estimate of drug-likeness (QED) is 0.797. The van der Waals surface area contributed by atoms with E-state index in [-0.39, 0.29) is 30.5 Å². The Kier molecular flexibility index (Phi) is 5.35. The zero-order valence-electron chi connectivity index (χ0n) is 12.2. The highest BCUT2D eigenvalue weighted by Crippen LogP contribution is 2.26. The molecule has 2 N–H and O–H groups in total. The molecular weight excluding hydrogens is 246 g/mol. The summed E-state index contributed by atoms with van der Waals surface area (Å²) in [4.78, 5) is 22.9. The lowest BCUT2D eigenvalue weighted by atomic mass is 9.84. The number of carboxylic acid groups (broad SMARTS) is 1. The summed E-state index contributed by atoms with van der Waals surface area (Å²) in [5, 5.41) is 11.8. The topological polar surface area (TPSA) is 75.6 Å². The number of carboxylic acids is 1. The summed E-state index contributed by atoms with van der Waals surface area (Å²) < 4.78 is 5.12. The molecule has 0 aromatic carbocycles. The zero-order valence-corrected chi connectivity index (χ0v) is 12.2. The molecule has 1 amide bonds. The monoisotopic (exact) mass is 271 g/mol. The van der Waals surface area contributed by atoms with Crippen LogP contribution in [0.1, 0.15) is 40.5 Å². The molecule has 1 saturated heterocycles. The first kappa shape index (κ1) is 16.0. The number of nitrogens with one attached hydrogen (secondary N) is 1. The predicted octanol–water partition coefficient (Wildman–Crippen LogP) is 1.66. The summed E-state index contributed by atoms with van der Waals surface area (Å²) >= 11 is 0. The summed E-state index contributed by atoms with van der Waals surface area (Å²) in [6.07, 6.45) is 1.39. The van der Waals surface area contributed by atoms with E-state index in [2.05, 4.69) is 26.1 Å². The minimum atomic E-state index is -0.912. The van der Waals surface area contributed by atoms with Gasteiger partial charge in [0.1, 0.15) is 5.92 Å². The Hall–Kier alpha value is -1.10. The van der Waals surface area contributed by atoms with Crippen molar-refractivity contribution in [2.45, 2.75) is 46.6 Å². The largest absolute Gasteiger partial charge is 0.481 e. The fourth-order valence-corrected chi connectivity index (χ4v) is 2.64. The van der Waals surface area contributed by atoms with Gasteiger partial charge in [0.25, 0.3) is 0 Å². The molecular formula is C14H25NO4. The van der Waals surface area contributed by atoms with Crippen LogP contribution in [0.3, 0.4) is 0 Å². The maximum Gasteiger partial charge on any atom is 0.311 e. The van der Waals surface area contributed by atoms with Crippen LogP contribution in [-0.4, -0.2) is 36.2 Å². The second kappa shape index (κ2) is 6.37. The van der Waals surface area contributed by atoms with E-state index in [4.69, 9.17) is 9.84 Å². The smallest absolute Gasteiger partial charge is 0.311 e. The molecule has 5 heteroatoms. The van der Waals surface area contributed by atoms with E-state index in [1.54, 1.807) is 0 Å². The molecule has 0 spiro atoms. The van der Waals surface area contributed by atoms with Gasteiger partial charge in [-0.15, -0.1) is 0 Å². The second-order valence-electron chi connectivity index (χ2n) is 6.73. The molecule has 5 nitrogen and oxygen atoms in total. The molecule has 0 aromatic heterocycles. The summed E-state index contributed by atoms with van der Waals surface area (Å²) in [7, 11) is 0. The SMILES string of the molecule is CC(CC(=O)NC1COCC1C(=O)O)CC(C)(C)C. The lowest BCUT2D eigenvalue weighted by molar-refractivity contribution is -0.142. The van der Waals surface area contributed by atoms with Gasteiger partial charge in [-0.3, -0.25) is 9.59 Å². The van der Waals surface area contributed by atoms with E-state index in [9.17, 15) is 9.59 Å². The molecule has 0 aliphatic carbocycles. The third kappa shape index (κ3) is 5.59. The summed E-state index contributed by atoms with van der Waals surface area (Å²) in [6, 6.07) is -0.396. The van der Waals surface area contributed by atoms with Gasteiger partial charge < -0.3 is 15.2 Å². The van der Waals surface area contributed by atoms with Crippen LogP contribution < -0.4 is 5.32 Å². The van der Waals surface area contributed by atoms with Crippen molar-refractivity contribution in [1.29, 1.82) is 0 Å². The van der Waals surface area contributed by atoms with Gasteiger partial charge in [-0.05, 0) is 17.8 Å². The summed E-state index contributed by atoms with van der Waals surface area (Å²) in [5.41, 5.74) is 0.194. The van der Waals surface area contributed by atoms with Crippen LogP contribution >= 0.6 is 0 Å². The highest BCUT2D eigenvalue weighted by Gasteiger charge is 2.35. The lowest BCUT2D eigenvalue weighted by Crippen LogP contribution is -2.43.